The van der Waals surface area contributed by atoms with Crippen molar-refractivity contribution >= 4 is 34.0 Å². The van der Waals surface area contributed by atoms with Crippen LogP contribution in [-0.4, -0.2) is 43.1 Å². The molecule has 0 saturated carbocycles. The summed E-state index contributed by atoms with van der Waals surface area (Å²) in [5.74, 6) is 0.799. The highest BCUT2D eigenvalue weighted by Crippen LogP contribution is 2.24. The van der Waals surface area contributed by atoms with E-state index < -0.39 is 6.10 Å². The number of carbonyl (C=O) groups excluding carboxylic acids is 1. The average molecular weight is 409 g/mol. The lowest BCUT2D eigenvalue weighted by Gasteiger charge is -2.37. The molecule has 3 aromatic rings. The van der Waals surface area contributed by atoms with Gasteiger partial charge in [-0.2, -0.15) is 0 Å². The van der Waals surface area contributed by atoms with E-state index in [1.54, 1.807) is 0 Å². The highest BCUT2D eigenvalue weighted by Gasteiger charge is 2.28. The van der Waals surface area contributed by atoms with Gasteiger partial charge in [-0.15, -0.1) is 0 Å². The van der Waals surface area contributed by atoms with E-state index in [-0.39, 0.29) is 5.91 Å². The van der Waals surface area contributed by atoms with Gasteiger partial charge >= 0.3 is 0 Å². The number of halogens is 1. The largest absolute Gasteiger partial charge is 0.481 e. The number of piperazine rings is 1. The van der Waals surface area contributed by atoms with Crippen LogP contribution in [0.5, 0.6) is 5.75 Å². The molecule has 0 N–H and O–H groups in total. The number of amides is 1. The first-order valence-electron chi connectivity index (χ1n) is 10.1. The molecule has 0 unspecified atom stereocenters. The zero-order valence-corrected chi connectivity index (χ0v) is 17.3. The summed E-state index contributed by atoms with van der Waals surface area (Å²) >= 11 is 6.11. The second-order valence-electron chi connectivity index (χ2n) is 7.32. The van der Waals surface area contributed by atoms with Gasteiger partial charge in [0.25, 0.3) is 5.91 Å². The molecule has 1 atom stereocenters. The van der Waals surface area contributed by atoms with Gasteiger partial charge in [0, 0.05) is 36.9 Å². The molecule has 0 bridgehead atoms. The van der Waals surface area contributed by atoms with Gasteiger partial charge in [0.15, 0.2) is 6.10 Å². The van der Waals surface area contributed by atoms with Crippen LogP contribution in [0.15, 0.2) is 66.7 Å². The number of hydrogen-bond acceptors (Lipinski definition) is 3. The Morgan fingerprint density at radius 2 is 1.72 bits per heavy atom. The molecule has 1 heterocycles. The predicted octanol–water partition coefficient (Wildman–Crippen LogP) is 5.00. The van der Waals surface area contributed by atoms with Crippen LogP contribution in [0.1, 0.15) is 13.3 Å². The first kappa shape index (κ1) is 19.6. The predicted molar refractivity (Wildman–Crippen MR) is 119 cm³/mol. The van der Waals surface area contributed by atoms with Gasteiger partial charge in [-0.25, -0.2) is 0 Å². The van der Waals surface area contributed by atoms with E-state index in [1.165, 1.54) is 0 Å². The molecular weight excluding hydrogens is 384 g/mol. The molecule has 1 aliphatic heterocycles. The van der Waals surface area contributed by atoms with Crippen LogP contribution < -0.4 is 9.64 Å². The number of rotatable bonds is 5. The summed E-state index contributed by atoms with van der Waals surface area (Å²) in [6.45, 7) is 4.94. The van der Waals surface area contributed by atoms with Crippen LogP contribution in [0.3, 0.4) is 0 Å². The minimum Gasteiger partial charge on any atom is -0.481 e. The molecule has 1 amide bonds. The molecule has 4 nitrogen and oxygen atoms in total. The molecular formula is C24H25ClN2O2. The summed E-state index contributed by atoms with van der Waals surface area (Å²) in [5, 5.41) is 3.01. The van der Waals surface area contributed by atoms with Gasteiger partial charge in [-0.3, -0.25) is 4.79 Å². The second kappa shape index (κ2) is 8.75. The molecule has 3 aromatic carbocycles. The van der Waals surface area contributed by atoms with Gasteiger partial charge in [0.05, 0.1) is 0 Å². The third-order valence-corrected chi connectivity index (χ3v) is 5.65. The Kier molecular flexibility index (Phi) is 5.91. The summed E-state index contributed by atoms with van der Waals surface area (Å²) in [5.41, 5.74) is 1.10. The molecule has 0 radical (unpaired) electrons. The fraction of sp³-hybridized carbons (Fsp3) is 0.292. The Hall–Kier alpha value is -2.72. The smallest absolute Gasteiger partial charge is 0.263 e. The fourth-order valence-corrected chi connectivity index (χ4v) is 3.96. The Balaban J connectivity index is 1.39. The molecule has 29 heavy (non-hydrogen) atoms. The summed E-state index contributed by atoms with van der Waals surface area (Å²) in [4.78, 5) is 17.2. The molecule has 4 rings (SSSR count). The van der Waals surface area contributed by atoms with Crippen LogP contribution in [0.2, 0.25) is 5.02 Å². The molecule has 1 fully saturated rings. The zero-order valence-electron chi connectivity index (χ0n) is 16.6. The van der Waals surface area contributed by atoms with E-state index in [0.29, 0.717) is 19.5 Å². The van der Waals surface area contributed by atoms with E-state index in [2.05, 4.69) is 23.1 Å². The number of hydrogen-bond donors (Lipinski definition) is 0. The van der Waals surface area contributed by atoms with Crippen molar-refractivity contribution in [3.05, 3.63) is 71.8 Å². The van der Waals surface area contributed by atoms with Crippen LogP contribution in [-0.2, 0) is 4.79 Å². The van der Waals surface area contributed by atoms with Gasteiger partial charge < -0.3 is 14.5 Å². The van der Waals surface area contributed by atoms with Crippen molar-refractivity contribution in [3.8, 4) is 5.75 Å². The lowest BCUT2D eigenvalue weighted by atomic mass is 10.1. The van der Waals surface area contributed by atoms with Crippen molar-refractivity contribution in [1.29, 1.82) is 0 Å². The number of fused-ring (bicyclic) bond motifs is 1. The first-order chi connectivity index (χ1) is 14.1. The average Bonchev–Trinajstić information content (AvgIpc) is 2.77. The van der Waals surface area contributed by atoms with E-state index >= 15 is 0 Å². The third kappa shape index (κ3) is 4.48. The van der Waals surface area contributed by atoms with E-state index in [0.717, 1.165) is 40.3 Å². The van der Waals surface area contributed by atoms with E-state index in [1.807, 2.05) is 60.4 Å². The quantitative estimate of drug-likeness (QED) is 0.595. The standard InChI is InChI=1S/C24H25ClN2O2/c1-2-23(29-22-11-10-18-6-3-4-7-19(18)16-22)24(28)27-14-12-26(13-15-27)21-9-5-8-20(25)17-21/h3-11,16-17,23H,2,12-15H2,1H3/t23-/m0/s1. The van der Waals surface area contributed by atoms with Crippen LogP contribution in [0, 0.1) is 0 Å². The topological polar surface area (TPSA) is 32.8 Å². The number of carbonyl (C=O) groups is 1. The molecule has 1 aliphatic rings. The molecule has 0 aromatic heterocycles. The Morgan fingerprint density at radius 3 is 2.45 bits per heavy atom. The number of benzene rings is 3. The third-order valence-electron chi connectivity index (χ3n) is 5.41. The SMILES string of the molecule is CC[C@H](Oc1ccc2ccccc2c1)C(=O)N1CCN(c2cccc(Cl)c2)CC1. The lowest BCUT2D eigenvalue weighted by molar-refractivity contribution is -0.139. The lowest BCUT2D eigenvalue weighted by Crippen LogP contribution is -2.52. The number of anilines is 1. The fourth-order valence-electron chi connectivity index (χ4n) is 3.77. The van der Waals surface area contributed by atoms with Crippen molar-refractivity contribution in [1.82, 2.24) is 4.90 Å². The molecule has 0 spiro atoms. The van der Waals surface area contributed by atoms with Crippen molar-refractivity contribution in [2.75, 3.05) is 31.1 Å². The van der Waals surface area contributed by atoms with Gasteiger partial charge in [0.2, 0.25) is 0 Å². The van der Waals surface area contributed by atoms with Crippen molar-refractivity contribution in [3.63, 3.8) is 0 Å². The van der Waals surface area contributed by atoms with Crippen LogP contribution >= 0.6 is 11.6 Å². The highest BCUT2D eigenvalue weighted by molar-refractivity contribution is 6.30. The molecule has 5 heteroatoms. The molecule has 150 valence electrons. The summed E-state index contributed by atoms with van der Waals surface area (Å²) in [7, 11) is 0. The molecule has 1 saturated heterocycles. The number of ether oxygens (including phenoxy) is 1. The van der Waals surface area contributed by atoms with Gasteiger partial charge in [-0.1, -0.05) is 54.9 Å². The monoisotopic (exact) mass is 408 g/mol. The van der Waals surface area contributed by atoms with Crippen molar-refractivity contribution in [2.24, 2.45) is 0 Å². The summed E-state index contributed by atoms with van der Waals surface area (Å²) in [6.07, 6.45) is 0.175. The van der Waals surface area contributed by atoms with E-state index in [4.69, 9.17) is 16.3 Å². The summed E-state index contributed by atoms with van der Waals surface area (Å²) in [6, 6.07) is 22.0. The van der Waals surface area contributed by atoms with Gasteiger partial charge in [-0.05, 0) is 47.5 Å². The molecule has 0 aliphatic carbocycles. The maximum absolute atomic E-state index is 13.1. The van der Waals surface area contributed by atoms with E-state index in [9.17, 15) is 4.79 Å². The van der Waals surface area contributed by atoms with Crippen molar-refractivity contribution < 1.29 is 9.53 Å². The Labute approximate surface area is 176 Å². The maximum Gasteiger partial charge on any atom is 0.263 e. The van der Waals surface area contributed by atoms with Crippen LogP contribution in [0.4, 0.5) is 5.69 Å². The number of nitrogens with zero attached hydrogens (tertiary/aromatic N) is 2. The highest BCUT2D eigenvalue weighted by atomic mass is 35.5. The van der Waals surface area contributed by atoms with Crippen molar-refractivity contribution in [2.45, 2.75) is 19.4 Å². The minimum absolute atomic E-state index is 0.0615. The minimum atomic E-state index is -0.464. The summed E-state index contributed by atoms with van der Waals surface area (Å²) < 4.78 is 6.09. The Morgan fingerprint density at radius 1 is 0.966 bits per heavy atom. The van der Waals surface area contributed by atoms with Crippen LogP contribution in [0.25, 0.3) is 10.8 Å². The normalized spacial score (nSPS) is 15.4. The Bertz CT molecular complexity index is 999. The second-order valence-corrected chi connectivity index (χ2v) is 7.75. The first-order valence-corrected chi connectivity index (χ1v) is 10.5. The van der Waals surface area contributed by atoms with Gasteiger partial charge in [0.1, 0.15) is 5.75 Å². The maximum atomic E-state index is 13.1. The zero-order chi connectivity index (χ0) is 20.2.